The lowest BCUT2D eigenvalue weighted by molar-refractivity contribution is -0.122. The van der Waals surface area contributed by atoms with Crippen molar-refractivity contribution in [3.63, 3.8) is 0 Å². The van der Waals surface area contributed by atoms with Crippen LogP contribution in [-0.2, 0) is 9.59 Å². The van der Waals surface area contributed by atoms with Gasteiger partial charge in [0.2, 0.25) is 0 Å². The minimum absolute atomic E-state index is 0.0245. The molecule has 2 aromatic carbocycles. The van der Waals surface area contributed by atoms with E-state index < -0.39 is 17.8 Å². The van der Waals surface area contributed by atoms with Crippen molar-refractivity contribution >= 4 is 52.8 Å². The topological polar surface area (TPSA) is 95.9 Å². The summed E-state index contributed by atoms with van der Waals surface area (Å²) in [6.07, 6.45) is 8.06. The number of phenols is 1. The van der Waals surface area contributed by atoms with Crippen molar-refractivity contribution in [1.82, 2.24) is 5.32 Å². The maximum Gasteiger partial charge on any atom is 0.335 e. The SMILES string of the molecule is CCCCCCCCOc1c(Cl)cc(/C=C2/C(=O)NC(=O)N(c3ccc(O)cc3)C2=O)cc1Cl. The first-order valence-electron chi connectivity index (χ1n) is 11.1. The van der Waals surface area contributed by atoms with Crippen LogP contribution < -0.4 is 15.0 Å². The van der Waals surface area contributed by atoms with Crippen molar-refractivity contribution in [2.75, 3.05) is 11.5 Å². The highest BCUT2D eigenvalue weighted by atomic mass is 35.5. The molecule has 2 N–H and O–H groups in total. The zero-order valence-corrected chi connectivity index (χ0v) is 20.3. The molecule has 3 rings (SSSR count). The summed E-state index contributed by atoms with van der Waals surface area (Å²) in [4.78, 5) is 38.4. The molecule has 0 atom stereocenters. The lowest BCUT2D eigenvalue weighted by Gasteiger charge is -2.26. The molecule has 0 unspecified atom stereocenters. The Balaban J connectivity index is 1.74. The molecule has 1 fully saturated rings. The van der Waals surface area contributed by atoms with Gasteiger partial charge in [-0.25, -0.2) is 9.69 Å². The van der Waals surface area contributed by atoms with Gasteiger partial charge in [0.15, 0.2) is 5.75 Å². The summed E-state index contributed by atoms with van der Waals surface area (Å²) in [6.45, 7) is 2.66. The zero-order valence-electron chi connectivity index (χ0n) is 18.8. The van der Waals surface area contributed by atoms with Crippen molar-refractivity contribution in [3.05, 3.63) is 57.6 Å². The number of nitrogens with zero attached hydrogens (tertiary/aromatic N) is 1. The first kappa shape index (κ1) is 25.6. The summed E-state index contributed by atoms with van der Waals surface area (Å²) in [5.74, 6) is -1.32. The largest absolute Gasteiger partial charge is 0.508 e. The molecule has 180 valence electrons. The molecule has 0 bridgehead atoms. The van der Waals surface area contributed by atoms with Crippen LogP contribution in [0.4, 0.5) is 10.5 Å². The molecule has 1 aliphatic heterocycles. The number of carbonyl (C=O) groups is 3. The second-order valence-corrected chi connectivity index (χ2v) is 8.72. The van der Waals surface area contributed by atoms with Gasteiger partial charge in [0.1, 0.15) is 11.3 Å². The fourth-order valence-electron chi connectivity index (χ4n) is 3.52. The highest BCUT2D eigenvalue weighted by Gasteiger charge is 2.36. The Morgan fingerprint density at radius 2 is 1.59 bits per heavy atom. The smallest absolute Gasteiger partial charge is 0.335 e. The van der Waals surface area contributed by atoms with Crippen LogP contribution >= 0.6 is 23.2 Å². The number of carbonyl (C=O) groups excluding carboxylic acids is 3. The Labute approximate surface area is 208 Å². The quantitative estimate of drug-likeness (QED) is 0.231. The van der Waals surface area contributed by atoms with Crippen molar-refractivity contribution in [2.45, 2.75) is 45.4 Å². The fourth-order valence-corrected chi connectivity index (χ4v) is 4.13. The number of hydrogen-bond donors (Lipinski definition) is 2. The van der Waals surface area contributed by atoms with E-state index in [9.17, 15) is 19.5 Å². The van der Waals surface area contributed by atoms with Gasteiger partial charge >= 0.3 is 6.03 Å². The minimum atomic E-state index is -0.882. The van der Waals surface area contributed by atoms with Gasteiger partial charge in [-0.1, -0.05) is 62.2 Å². The van der Waals surface area contributed by atoms with Gasteiger partial charge in [0, 0.05) is 0 Å². The lowest BCUT2D eigenvalue weighted by atomic mass is 10.1. The minimum Gasteiger partial charge on any atom is -0.508 e. The molecule has 0 radical (unpaired) electrons. The van der Waals surface area contributed by atoms with E-state index in [1.807, 2.05) is 0 Å². The van der Waals surface area contributed by atoms with Crippen LogP contribution in [0.15, 0.2) is 42.0 Å². The van der Waals surface area contributed by atoms with Gasteiger partial charge < -0.3 is 9.84 Å². The molecule has 1 heterocycles. The standard InChI is InChI=1S/C25H26Cl2N2O5/c1-2-3-4-5-6-7-12-34-22-20(26)14-16(15-21(22)27)13-19-23(31)28-25(33)29(24(19)32)17-8-10-18(30)11-9-17/h8-11,13-15,30H,2-7,12H2,1H3,(H,28,31,33)/b19-13-. The molecule has 0 aromatic heterocycles. The van der Waals surface area contributed by atoms with Gasteiger partial charge in [-0.05, 0) is 54.5 Å². The fraction of sp³-hybridized carbons (Fsp3) is 0.320. The van der Waals surface area contributed by atoms with E-state index in [1.165, 1.54) is 49.6 Å². The normalized spacial score (nSPS) is 15.1. The zero-order chi connectivity index (χ0) is 24.7. The number of amides is 4. The maximum atomic E-state index is 13.0. The first-order chi connectivity index (χ1) is 16.3. The number of imide groups is 2. The number of aromatic hydroxyl groups is 1. The third kappa shape index (κ3) is 6.30. The highest BCUT2D eigenvalue weighted by Crippen LogP contribution is 2.35. The number of unbranched alkanes of at least 4 members (excludes halogenated alkanes) is 5. The van der Waals surface area contributed by atoms with Crippen LogP contribution in [0.5, 0.6) is 11.5 Å². The number of phenolic OH excluding ortho intramolecular Hbond substituents is 1. The van der Waals surface area contributed by atoms with E-state index in [4.69, 9.17) is 27.9 Å². The van der Waals surface area contributed by atoms with Crippen molar-refractivity contribution in [1.29, 1.82) is 0 Å². The van der Waals surface area contributed by atoms with Crippen LogP contribution in [-0.4, -0.2) is 29.6 Å². The molecular weight excluding hydrogens is 479 g/mol. The third-order valence-electron chi connectivity index (χ3n) is 5.29. The number of barbiturate groups is 1. The summed E-state index contributed by atoms with van der Waals surface area (Å²) in [5, 5.41) is 12.1. The average Bonchev–Trinajstić information content (AvgIpc) is 2.78. The van der Waals surface area contributed by atoms with Crippen LogP contribution in [0.25, 0.3) is 6.08 Å². The Bertz CT molecular complexity index is 1080. The second kappa shape index (κ2) is 11.9. The number of rotatable bonds is 10. The Morgan fingerprint density at radius 3 is 2.24 bits per heavy atom. The Morgan fingerprint density at radius 1 is 0.971 bits per heavy atom. The molecule has 7 nitrogen and oxygen atoms in total. The number of ether oxygens (including phenoxy) is 1. The van der Waals surface area contributed by atoms with Crippen LogP contribution in [0.2, 0.25) is 10.0 Å². The van der Waals surface area contributed by atoms with E-state index in [2.05, 4.69) is 12.2 Å². The van der Waals surface area contributed by atoms with E-state index >= 15 is 0 Å². The number of halogens is 2. The van der Waals surface area contributed by atoms with Crippen molar-refractivity contribution in [2.24, 2.45) is 0 Å². The van der Waals surface area contributed by atoms with E-state index in [0.717, 1.165) is 24.2 Å². The molecule has 9 heteroatoms. The second-order valence-electron chi connectivity index (χ2n) is 7.90. The predicted molar refractivity (Wildman–Crippen MR) is 132 cm³/mol. The number of benzene rings is 2. The van der Waals surface area contributed by atoms with Gasteiger partial charge in [-0.3, -0.25) is 14.9 Å². The molecule has 0 saturated carbocycles. The Kier molecular flexibility index (Phi) is 8.96. The first-order valence-corrected chi connectivity index (χ1v) is 11.9. The molecule has 0 spiro atoms. The summed E-state index contributed by atoms with van der Waals surface area (Å²) >= 11 is 12.7. The maximum absolute atomic E-state index is 13.0. The van der Waals surface area contributed by atoms with Crippen molar-refractivity contribution in [3.8, 4) is 11.5 Å². The van der Waals surface area contributed by atoms with Gasteiger partial charge in [0.05, 0.1) is 22.3 Å². The molecule has 1 aliphatic rings. The third-order valence-corrected chi connectivity index (χ3v) is 5.85. The molecule has 0 aliphatic carbocycles. The van der Waals surface area contributed by atoms with E-state index in [-0.39, 0.29) is 27.1 Å². The van der Waals surface area contributed by atoms with Crippen LogP contribution in [0.3, 0.4) is 0 Å². The highest BCUT2D eigenvalue weighted by molar-refractivity contribution is 6.40. The summed E-state index contributed by atoms with van der Waals surface area (Å²) in [6, 6.07) is 7.65. The molecule has 34 heavy (non-hydrogen) atoms. The number of urea groups is 1. The molecule has 4 amide bonds. The monoisotopic (exact) mass is 504 g/mol. The molecule has 1 saturated heterocycles. The van der Waals surface area contributed by atoms with Crippen molar-refractivity contribution < 1.29 is 24.2 Å². The van der Waals surface area contributed by atoms with Crippen LogP contribution in [0.1, 0.15) is 51.0 Å². The summed E-state index contributed by atoms with van der Waals surface area (Å²) in [7, 11) is 0. The summed E-state index contributed by atoms with van der Waals surface area (Å²) < 4.78 is 5.76. The average molecular weight is 505 g/mol. The van der Waals surface area contributed by atoms with E-state index in [1.54, 1.807) is 12.1 Å². The number of hydrogen-bond acceptors (Lipinski definition) is 5. The van der Waals surface area contributed by atoms with Crippen LogP contribution in [0, 0.1) is 0 Å². The van der Waals surface area contributed by atoms with Gasteiger partial charge in [-0.2, -0.15) is 0 Å². The van der Waals surface area contributed by atoms with Gasteiger partial charge in [0.25, 0.3) is 11.8 Å². The lowest BCUT2D eigenvalue weighted by Crippen LogP contribution is -2.54. The van der Waals surface area contributed by atoms with Gasteiger partial charge in [-0.15, -0.1) is 0 Å². The predicted octanol–water partition coefficient (Wildman–Crippen LogP) is 6.10. The number of nitrogens with one attached hydrogen (secondary N) is 1. The number of anilines is 1. The van der Waals surface area contributed by atoms with E-state index in [0.29, 0.717) is 17.9 Å². The molecular formula is C25H26Cl2N2O5. The summed E-state index contributed by atoms with van der Waals surface area (Å²) in [5.41, 5.74) is 0.342. The molecule has 2 aromatic rings. The Hall–Kier alpha value is -3.03.